The minimum atomic E-state index is -0.144. The molecule has 2 rings (SSSR count). The van der Waals surface area contributed by atoms with Crippen LogP contribution in [-0.4, -0.2) is 0 Å². The molecule has 2 aromatic carbocycles. The summed E-state index contributed by atoms with van der Waals surface area (Å²) in [4.78, 5) is 0. The van der Waals surface area contributed by atoms with Crippen LogP contribution in [0.3, 0.4) is 0 Å². The van der Waals surface area contributed by atoms with E-state index < -0.39 is 0 Å². The van der Waals surface area contributed by atoms with E-state index in [1.807, 2.05) is 12.1 Å². The number of hydrogen-bond donors (Lipinski definition) is 1. The van der Waals surface area contributed by atoms with Crippen LogP contribution in [0.5, 0.6) is 0 Å². The van der Waals surface area contributed by atoms with Crippen molar-refractivity contribution in [2.24, 2.45) is 0 Å². The van der Waals surface area contributed by atoms with Gasteiger partial charge in [-0.15, -0.1) is 0 Å². The molecule has 1 N–H and O–H groups in total. The van der Waals surface area contributed by atoms with E-state index in [1.165, 1.54) is 11.1 Å². The first-order valence-corrected chi connectivity index (χ1v) is 6.12. The summed E-state index contributed by atoms with van der Waals surface area (Å²) in [7, 11) is 0. The van der Waals surface area contributed by atoms with E-state index in [9.17, 15) is 4.39 Å². The van der Waals surface area contributed by atoms with Gasteiger partial charge in [-0.2, -0.15) is 0 Å². The summed E-state index contributed by atoms with van der Waals surface area (Å²) < 4.78 is 13.4. The SMILES string of the molecule is Cc1ccc(NCc2ccc(C)c(F)c2)c(C)c1. The minimum Gasteiger partial charge on any atom is -0.381 e. The maximum atomic E-state index is 13.4. The number of nitrogens with one attached hydrogen (secondary N) is 1. The minimum absolute atomic E-state index is 0.144. The Labute approximate surface area is 108 Å². The zero-order valence-electron chi connectivity index (χ0n) is 11.0. The number of hydrogen-bond acceptors (Lipinski definition) is 1. The number of halogens is 1. The normalized spacial score (nSPS) is 10.4. The van der Waals surface area contributed by atoms with Gasteiger partial charge in [0, 0.05) is 12.2 Å². The molecule has 0 saturated carbocycles. The Bertz CT molecular complexity index is 561. The van der Waals surface area contributed by atoms with Crippen molar-refractivity contribution in [1.29, 1.82) is 0 Å². The lowest BCUT2D eigenvalue weighted by atomic mass is 10.1. The van der Waals surface area contributed by atoms with Gasteiger partial charge in [-0.1, -0.05) is 29.8 Å². The molecule has 0 unspecified atom stereocenters. The summed E-state index contributed by atoms with van der Waals surface area (Å²) in [5.74, 6) is -0.144. The second-order valence-electron chi connectivity index (χ2n) is 4.76. The van der Waals surface area contributed by atoms with Crippen molar-refractivity contribution in [3.05, 3.63) is 64.5 Å². The van der Waals surface area contributed by atoms with Gasteiger partial charge in [0.2, 0.25) is 0 Å². The third kappa shape index (κ3) is 2.89. The average Bonchev–Trinajstić information content (AvgIpc) is 2.32. The average molecular weight is 243 g/mol. The lowest BCUT2D eigenvalue weighted by molar-refractivity contribution is 0.616. The highest BCUT2D eigenvalue weighted by atomic mass is 19.1. The molecular formula is C16H18FN. The van der Waals surface area contributed by atoms with E-state index in [1.54, 1.807) is 13.0 Å². The standard InChI is InChI=1S/C16H18FN/c1-11-4-7-16(13(3)8-11)18-10-14-6-5-12(2)15(17)9-14/h4-9,18H,10H2,1-3H3. The van der Waals surface area contributed by atoms with Crippen LogP contribution in [0.2, 0.25) is 0 Å². The van der Waals surface area contributed by atoms with Gasteiger partial charge < -0.3 is 5.32 Å². The smallest absolute Gasteiger partial charge is 0.126 e. The molecule has 18 heavy (non-hydrogen) atoms. The van der Waals surface area contributed by atoms with Crippen LogP contribution in [0, 0.1) is 26.6 Å². The number of anilines is 1. The summed E-state index contributed by atoms with van der Waals surface area (Å²) in [6.07, 6.45) is 0. The Hall–Kier alpha value is -1.83. The third-order valence-electron chi connectivity index (χ3n) is 3.10. The number of aryl methyl sites for hydroxylation is 3. The van der Waals surface area contributed by atoms with Crippen LogP contribution in [0.25, 0.3) is 0 Å². The van der Waals surface area contributed by atoms with Crippen LogP contribution in [0.1, 0.15) is 22.3 Å². The fraction of sp³-hybridized carbons (Fsp3) is 0.250. The van der Waals surface area contributed by atoms with E-state index in [0.29, 0.717) is 12.1 Å². The van der Waals surface area contributed by atoms with Gasteiger partial charge in [0.05, 0.1) is 0 Å². The Balaban J connectivity index is 2.09. The van der Waals surface area contributed by atoms with Gasteiger partial charge in [-0.3, -0.25) is 0 Å². The molecule has 0 spiro atoms. The largest absolute Gasteiger partial charge is 0.381 e. The molecule has 0 heterocycles. The monoisotopic (exact) mass is 243 g/mol. The van der Waals surface area contributed by atoms with Crippen LogP contribution in [0.15, 0.2) is 36.4 Å². The number of rotatable bonds is 3. The first kappa shape index (κ1) is 12.6. The topological polar surface area (TPSA) is 12.0 Å². The molecule has 0 aliphatic carbocycles. The highest BCUT2D eigenvalue weighted by Crippen LogP contribution is 2.17. The van der Waals surface area contributed by atoms with Crippen LogP contribution < -0.4 is 5.32 Å². The lowest BCUT2D eigenvalue weighted by Crippen LogP contribution is -2.02. The Kier molecular flexibility index (Phi) is 3.66. The molecule has 0 aromatic heterocycles. The van der Waals surface area contributed by atoms with Gasteiger partial charge in [-0.25, -0.2) is 4.39 Å². The van der Waals surface area contributed by atoms with Crippen molar-refractivity contribution >= 4 is 5.69 Å². The van der Waals surface area contributed by atoms with Crippen molar-refractivity contribution < 1.29 is 4.39 Å². The molecule has 0 amide bonds. The quantitative estimate of drug-likeness (QED) is 0.844. The maximum Gasteiger partial charge on any atom is 0.126 e. The second kappa shape index (κ2) is 5.21. The van der Waals surface area contributed by atoms with Gasteiger partial charge >= 0.3 is 0 Å². The molecule has 2 aromatic rings. The Morgan fingerprint density at radius 2 is 1.72 bits per heavy atom. The van der Waals surface area contributed by atoms with Gasteiger partial charge in [-0.05, 0) is 49.6 Å². The van der Waals surface area contributed by atoms with Crippen LogP contribution in [-0.2, 0) is 6.54 Å². The summed E-state index contributed by atoms with van der Waals surface area (Å²) in [6, 6.07) is 11.6. The Morgan fingerprint density at radius 1 is 0.944 bits per heavy atom. The van der Waals surface area contributed by atoms with Gasteiger partial charge in [0.1, 0.15) is 5.82 Å². The molecule has 0 bridgehead atoms. The first-order valence-electron chi connectivity index (χ1n) is 6.12. The summed E-state index contributed by atoms with van der Waals surface area (Å²) in [5.41, 5.74) is 5.20. The van der Waals surface area contributed by atoms with E-state index in [-0.39, 0.29) is 5.82 Å². The van der Waals surface area contributed by atoms with Crippen molar-refractivity contribution in [2.45, 2.75) is 27.3 Å². The Morgan fingerprint density at radius 3 is 2.39 bits per heavy atom. The van der Waals surface area contributed by atoms with Gasteiger partial charge in [0.25, 0.3) is 0 Å². The molecule has 2 heteroatoms. The highest BCUT2D eigenvalue weighted by Gasteiger charge is 2.01. The molecule has 0 radical (unpaired) electrons. The van der Waals surface area contributed by atoms with Gasteiger partial charge in [0.15, 0.2) is 0 Å². The highest BCUT2D eigenvalue weighted by molar-refractivity contribution is 5.52. The maximum absolute atomic E-state index is 13.4. The molecule has 1 nitrogen and oxygen atoms in total. The molecule has 0 saturated heterocycles. The molecule has 0 fully saturated rings. The van der Waals surface area contributed by atoms with Crippen molar-refractivity contribution in [3.8, 4) is 0 Å². The fourth-order valence-electron chi connectivity index (χ4n) is 1.96. The summed E-state index contributed by atoms with van der Waals surface area (Å²) in [6.45, 7) is 6.56. The number of benzene rings is 2. The second-order valence-corrected chi connectivity index (χ2v) is 4.76. The van der Waals surface area contributed by atoms with E-state index in [4.69, 9.17) is 0 Å². The third-order valence-corrected chi connectivity index (χ3v) is 3.10. The van der Waals surface area contributed by atoms with E-state index >= 15 is 0 Å². The predicted octanol–water partition coefficient (Wildman–Crippen LogP) is 4.36. The zero-order chi connectivity index (χ0) is 13.1. The molecule has 0 aliphatic rings. The molecular weight excluding hydrogens is 225 g/mol. The molecule has 0 aliphatic heterocycles. The molecule has 94 valence electrons. The van der Waals surface area contributed by atoms with Crippen LogP contribution >= 0.6 is 0 Å². The lowest BCUT2D eigenvalue weighted by Gasteiger charge is -2.10. The fourth-order valence-corrected chi connectivity index (χ4v) is 1.96. The van der Waals surface area contributed by atoms with Crippen LogP contribution in [0.4, 0.5) is 10.1 Å². The zero-order valence-corrected chi connectivity index (χ0v) is 11.0. The van der Waals surface area contributed by atoms with E-state index in [2.05, 4.69) is 37.4 Å². The summed E-state index contributed by atoms with van der Waals surface area (Å²) in [5, 5.41) is 3.34. The van der Waals surface area contributed by atoms with E-state index in [0.717, 1.165) is 11.3 Å². The predicted molar refractivity (Wildman–Crippen MR) is 74.4 cm³/mol. The van der Waals surface area contributed by atoms with Crippen molar-refractivity contribution in [2.75, 3.05) is 5.32 Å². The van der Waals surface area contributed by atoms with Crippen molar-refractivity contribution in [1.82, 2.24) is 0 Å². The van der Waals surface area contributed by atoms with Crippen molar-refractivity contribution in [3.63, 3.8) is 0 Å². The molecule has 0 atom stereocenters. The first-order chi connectivity index (χ1) is 8.56. The summed E-state index contributed by atoms with van der Waals surface area (Å²) >= 11 is 0.